The first-order chi connectivity index (χ1) is 15.3. The van der Waals surface area contributed by atoms with Crippen molar-refractivity contribution in [2.75, 3.05) is 22.6 Å². The van der Waals surface area contributed by atoms with Crippen LogP contribution in [0, 0.1) is 18.6 Å². The first kappa shape index (κ1) is 23.8. The molecule has 0 atom stereocenters. The van der Waals surface area contributed by atoms with Crippen LogP contribution in [0.4, 0.5) is 25.8 Å². The van der Waals surface area contributed by atoms with Crippen molar-refractivity contribution < 1.29 is 13.6 Å². The van der Waals surface area contributed by atoms with Crippen LogP contribution < -0.4 is 10.6 Å². The Morgan fingerprint density at radius 3 is 2.47 bits per heavy atom. The standard InChI is InChI=1S/C25H23ClF2N2OS/c1-15-4-6-18(30-25(31)10-11-32-3)13-21(15)16(2)20-8-7-19(14-22(20)26)29-24-9-5-17(27)12-23(24)28/h4-9,12-14,29H,2,10-11H2,1,3H3,(H,30,31). The molecule has 0 bridgehead atoms. The van der Waals surface area contributed by atoms with E-state index >= 15 is 0 Å². The number of carbonyl (C=O) groups excluding carboxylic acids is 1. The predicted molar refractivity (Wildman–Crippen MR) is 132 cm³/mol. The molecule has 0 aliphatic heterocycles. The number of hydrogen-bond donors (Lipinski definition) is 2. The van der Waals surface area contributed by atoms with Crippen molar-refractivity contribution >= 4 is 51.9 Å². The number of amides is 1. The molecule has 0 aliphatic rings. The van der Waals surface area contributed by atoms with E-state index in [0.29, 0.717) is 34.0 Å². The van der Waals surface area contributed by atoms with Crippen molar-refractivity contribution in [3.8, 4) is 0 Å². The second-order valence-electron chi connectivity index (χ2n) is 7.24. The van der Waals surface area contributed by atoms with Crippen molar-refractivity contribution in [3.63, 3.8) is 0 Å². The molecule has 0 spiro atoms. The number of aryl methyl sites for hydroxylation is 1. The third kappa shape index (κ3) is 5.90. The highest BCUT2D eigenvalue weighted by atomic mass is 35.5. The van der Waals surface area contributed by atoms with Gasteiger partial charge in [0.25, 0.3) is 0 Å². The van der Waals surface area contributed by atoms with E-state index in [1.165, 1.54) is 12.1 Å². The molecule has 0 aliphatic carbocycles. The molecule has 0 saturated carbocycles. The fourth-order valence-corrected chi connectivity index (χ4v) is 3.86. The van der Waals surface area contributed by atoms with E-state index in [4.69, 9.17) is 11.6 Å². The Labute approximate surface area is 195 Å². The summed E-state index contributed by atoms with van der Waals surface area (Å²) < 4.78 is 27.0. The smallest absolute Gasteiger partial charge is 0.225 e. The van der Waals surface area contributed by atoms with Crippen LogP contribution in [0.1, 0.15) is 23.1 Å². The minimum Gasteiger partial charge on any atom is -0.353 e. The first-order valence-corrected chi connectivity index (χ1v) is 11.7. The third-order valence-electron chi connectivity index (χ3n) is 4.88. The predicted octanol–water partition coefficient (Wildman–Crippen LogP) is 7.42. The lowest BCUT2D eigenvalue weighted by Gasteiger charge is -2.15. The fraction of sp³-hybridized carbons (Fsp3) is 0.160. The van der Waals surface area contributed by atoms with Gasteiger partial charge in [0.15, 0.2) is 0 Å². The molecule has 0 saturated heterocycles. The number of benzene rings is 3. The summed E-state index contributed by atoms with van der Waals surface area (Å²) in [4.78, 5) is 12.1. The summed E-state index contributed by atoms with van der Waals surface area (Å²) in [6.45, 7) is 6.16. The molecule has 3 aromatic rings. The summed E-state index contributed by atoms with van der Waals surface area (Å²) in [5, 5.41) is 6.24. The molecule has 0 aromatic heterocycles. The van der Waals surface area contributed by atoms with Crippen molar-refractivity contribution in [1.29, 1.82) is 0 Å². The van der Waals surface area contributed by atoms with Crippen LogP contribution >= 0.6 is 23.4 Å². The average Bonchev–Trinajstić information content (AvgIpc) is 2.75. The molecule has 0 fully saturated rings. The second kappa shape index (κ2) is 10.7. The molecular formula is C25H23ClF2N2OS. The fourth-order valence-electron chi connectivity index (χ4n) is 3.17. The van der Waals surface area contributed by atoms with E-state index < -0.39 is 11.6 Å². The third-order valence-corrected chi connectivity index (χ3v) is 5.81. The van der Waals surface area contributed by atoms with Gasteiger partial charge in [-0.2, -0.15) is 11.8 Å². The van der Waals surface area contributed by atoms with E-state index in [0.717, 1.165) is 22.9 Å². The van der Waals surface area contributed by atoms with Gasteiger partial charge < -0.3 is 10.6 Å². The van der Waals surface area contributed by atoms with Crippen molar-refractivity contribution in [3.05, 3.63) is 94.5 Å². The Hall–Kier alpha value is -2.83. The van der Waals surface area contributed by atoms with Gasteiger partial charge in [-0.05, 0) is 66.3 Å². The zero-order valence-electron chi connectivity index (χ0n) is 17.8. The molecule has 32 heavy (non-hydrogen) atoms. The largest absolute Gasteiger partial charge is 0.353 e. The lowest BCUT2D eigenvalue weighted by Crippen LogP contribution is -2.12. The summed E-state index contributed by atoms with van der Waals surface area (Å²) in [5.41, 5.74) is 4.67. The Balaban J connectivity index is 1.81. The maximum absolute atomic E-state index is 13.9. The highest BCUT2D eigenvalue weighted by Crippen LogP contribution is 2.34. The minimum atomic E-state index is -0.693. The van der Waals surface area contributed by atoms with E-state index in [-0.39, 0.29) is 11.6 Å². The van der Waals surface area contributed by atoms with Gasteiger partial charge in [-0.3, -0.25) is 4.79 Å². The van der Waals surface area contributed by atoms with Crippen LogP contribution in [-0.2, 0) is 4.79 Å². The van der Waals surface area contributed by atoms with Crippen LogP contribution in [0.2, 0.25) is 5.02 Å². The zero-order valence-corrected chi connectivity index (χ0v) is 19.3. The molecule has 2 N–H and O–H groups in total. The van der Waals surface area contributed by atoms with E-state index in [1.54, 1.807) is 30.0 Å². The topological polar surface area (TPSA) is 41.1 Å². The maximum atomic E-state index is 13.9. The van der Waals surface area contributed by atoms with Crippen LogP contribution in [0.15, 0.2) is 61.2 Å². The molecule has 0 radical (unpaired) electrons. The maximum Gasteiger partial charge on any atom is 0.225 e. The van der Waals surface area contributed by atoms with Crippen molar-refractivity contribution in [2.24, 2.45) is 0 Å². The van der Waals surface area contributed by atoms with Gasteiger partial charge in [-0.25, -0.2) is 8.78 Å². The lowest BCUT2D eigenvalue weighted by molar-refractivity contribution is -0.115. The van der Waals surface area contributed by atoms with E-state index in [2.05, 4.69) is 17.2 Å². The Bertz CT molecular complexity index is 1170. The summed E-state index contributed by atoms with van der Waals surface area (Å²) in [6, 6.07) is 14.2. The monoisotopic (exact) mass is 472 g/mol. The SMILES string of the molecule is C=C(c1cc(NC(=O)CCSC)ccc1C)c1ccc(Nc2ccc(F)cc2F)cc1Cl. The van der Waals surface area contributed by atoms with E-state index in [1.807, 2.05) is 31.4 Å². The number of hydrogen-bond acceptors (Lipinski definition) is 3. The van der Waals surface area contributed by atoms with Crippen molar-refractivity contribution in [2.45, 2.75) is 13.3 Å². The molecule has 3 nitrogen and oxygen atoms in total. The van der Waals surface area contributed by atoms with Crippen LogP contribution in [0.3, 0.4) is 0 Å². The quantitative estimate of drug-likeness (QED) is 0.358. The second-order valence-corrected chi connectivity index (χ2v) is 8.64. The number of nitrogens with one attached hydrogen (secondary N) is 2. The summed E-state index contributed by atoms with van der Waals surface area (Å²) in [6.07, 6.45) is 2.40. The van der Waals surface area contributed by atoms with Crippen LogP contribution in [0.25, 0.3) is 5.57 Å². The van der Waals surface area contributed by atoms with E-state index in [9.17, 15) is 13.6 Å². The van der Waals surface area contributed by atoms with Gasteiger partial charge in [0, 0.05) is 35.2 Å². The van der Waals surface area contributed by atoms with Gasteiger partial charge in [0.05, 0.1) is 10.7 Å². The summed E-state index contributed by atoms with van der Waals surface area (Å²) in [5.74, 6) is -0.617. The van der Waals surface area contributed by atoms with Gasteiger partial charge >= 0.3 is 0 Å². The Morgan fingerprint density at radius 1 is 1.03 bits per heavy atom. The van der Waals surface area contributed by atoms with Gasteiger partial charge in [-0.1, -0.05) is 30.3 Å². The van der Waals surface area contributed by atoms with Crippen LogP contribution in [0.5, 0.6) is 0 Å². The first-order valence-electron chi connectivity index (χ1n) is 9.89. The van der Waals surface area contributed by atoms with Crippen LogP contribution in [-0.4, -0.2) is 17.9 Å². The molecular weight excluding hydrogens is 450 g/mol. The molecule has 3 aromatic carbocycles. The van der Waals surface area contributed by atoms with Gasteiger partial charge in [0.2, 0.25) is 5.91 Å². The normalized spacial score (nSPS) is 10.7. The molecule has 0 heterocycles. The van der Waals surface area contributed by atoms with Gasteiger partial charge in [0.1, 0.15) is 11.6 Å². The molecule has 166 valence electrons. The highest BCUT2D eigenvalue weighted by Gasteiger charge is 2.13. The Morgan fingerprint density at radius 2 is 1.78 bits per heavy atom. The number of carbonyl (C=O) groups is 1. The zero-order chi connectivity index (χ0) is 23.3. The molecule has 1 amide bonds. The van der Waals surface area contributed by atoms with Crippen molar-refractivity contribution in [1.82, 2.24) is 0 Å². The molecule has 7 heteroatoms. The number of rotatable bonds is 8. The summed E-state index contributed by atoms with van der Waals surface area (Å²) >= 11 is 8.13. The summed E-state index contributed by atoms with van der Waals surface area (Å²) in [7, 11) is 0. The minimum absolute atomic E-state index is 0.0405. The molecule has 3 rings (SSSR count). The highest BCUT2D eigenvalue weighted by molar-refractivity contribution is 7.98. The number of anilines is 3. The van der Waals surface area contributed by atoms with Gasteiger partial charge in [-0.15, -0.1) is 0 Å². The number of halogens is 3. The Kier molecular flexibility index (Phi) is 7.94. The lowest BCUT2D eigenvalue weighted by atomic mass is 9.95. The number of thioether (sulfide) groups is 1. The molecule has 0 unspecified atom stereocenters. The average molecular weight is 473 g/mol.